The Morgan fingerprint density at radius 1 is 1.05 bits per heavy atom. The number of para-hydroxylation sites is 2. The second-order valence-electron chi connectivity index (χ2n) is 10.3. The van der Waals surface area contributed by atoms with E-state index in [0.717, 1.165) is 16.9 Å². The standard InChI is InChI=1S/C29H26ClN3O4/c1-29(2)16-23-27(25(34)17-29)28(19-9-13-21(14-10-19)33(36)37)32(24-6-4-3-5-22(24)31-23)26(35)15-18-7-11-20(30)12-8-18/h3-14,28,31H,15-17H2,1-2H3. The number of fused-ring (bicyclic) bond motifs is 1. The fourth-order valence-electron chi connectivity index (χ4n) is 5.22. The Labute approximate surface area is 219 Å². The molecular formula is C29H26ClN3O4. The van der Waals surface area contributed by atoms with Gasteiger partial charge in [-0.25, -0.2) is 0 Å². The molecule has 1 aliphatic carbocycles. The fraction of sp³-hybridized carbons (Fsp3) is 0.241. The molecule has 0 spiro atoms. The number of carbonyl (C=O) groups is 2. The summed E-state index contributed by atoms with van der Waals surface area (Å²) in [7, 11) is 0. The van der Waals surface area contributed by atoms with Crippen LogP contribution in [0.2, 0.25) is 5.02 Å². The second kappa shape index (κ2) is 9.48. The third-order valence-corrected chi connectivity index (χ3v) is 7.11. The zero-order valence-corrected chi connectivity index (χ0v) is 21.3. The smallest absolute Gasteiger partial charge is 0.269 e. The monoisotopic (exact) mass is 515 g/mol. The summed E-state index contributed by atoms with van der Waals surface area (Å²) in [5, 5.41) is 15.4. The number of nitrogens with zero attached hydrogens (tertiary/aromatic N) is 2. The van der Waals surface area contributed by atoms with E-state index >= 15 is 0 Å². The average Bonchev–Trinajstić information content (AvgIpc) is 2.99. The molecule has 0 saturated heterocycles. The Kier molecular flexibility index (Phi) is 6.33. The minimum Gasteiger partial charge on any atom is -0.357 e. The maximum Gasteiger partial charge on any atom is 0.269 e. The average molecular weight is 516 g/mol. The van der Waals surface area contributed by atoms with Crippen molar-refractivity contribution in [2.75, 3.05) is 10.2 Å². The summed E-state index contributed by atoms with van der Waals surface area (Å²) in [6, 6.07) is 19.9. The number of ketones is 1. The molecule has 188 valence electrons. The maximum absolute atomic E-state index is 14.1. The molecule has 37 heavy (non-hydrogen) atoms. The van der Waals surface area contributed by atoms with Gasteiger partial charge in [-0.2, -0.15) is 0 Å². The molecule has 1 N–H and O–H groups in total. The lowest BCUT2D eigenvalue weighted by molar-refractivity contribution is -0.384. The molecule has 3 aromatic rings. The number of amides is 1. The number of rotatable bonds is 4. The highest BCUT2D eigenvalue weighted by Gasteiger charge is 2.43. The lowest BCUT2D eigenvalue weighted by Gasteiger charge is -2.37. The van der Waals surface area contributed by atoms with E-state index in [9.17, 15) is 19.7 Å². The molecule has 5 rings (SSSR count). The van der Waals surface area contributed by atoms with Gasteiger partial charge in [-0.15, -0.1) is 0 Å². The highest BCUT2D eigenvalue weighted by Crippen LogP contribution is 2.48. The first kappa shape index (κ1) is 24.7. The molecule has 2 aliphatic rings. The first-order chi connectivity index (χ1) is 17.6. The van der Waals surface area contributed by atoms with E-state index in [1.165, 1.54) is 12.1 Å². The summed E-state index contributed by atoms with van der Waals surface area (Å²) < 4.78 is 0. The Morgan fingerprint density at radius 3 is 2.41 bits per heavy atom. The van der Waals surface area contributed by atoms with Crippen LogP contribution in [0.4, 0.5) is 17.1 Å². The van der Waals surface area contributed by atoms with Crippen LogP contribution in [-0.2, 0) is 16.0 Å². The van der Waals surface area contributed by atoms with Crippen LogP contribution < -0.4 is 10.2 Å². The Bertz CT molecular complexity index is 1430. The number of hydrogen-bond donors (Lipinski definition) is 1. The summed E-state index contributed by atoms with van der Waals surface area (Å²) in [5.74, 6) is -0.245. The van der Waals surface area contributed by atoms with Gasteiger partial charge in [0, 0.05) is 34.8 Å². The molecular weight excluding hydrogens is 490 g/mol. The lowest BCUT2D eigenvalue weighted by atomic mass is 9.73. The van der Waals surface area contributed by atoms with Crippen molar-refractivity contribution in [2.24, 2.45) is 5.41 Å². The molecule has 0 radical (unpaired) electrons. The van der Waals surface area contributed by atoms with Crippen molar-refractivity contribution in [3.8, 4) is 0 Å². The van der Waals surface area contributed by atoms with Crippen molar-refractivity contribution < 1.29 is 14.5 Å². The Hall–Kier alpha value is -3.97. The predicted octanol–water partition coefficient (Wildman–Crippen LogP) is 6.63. The molecule has 8 heteroatoms. The molecule has 0 fully saturated rings. The lowest BCUT2D eigenvalue weighted by Crippen LogP contribution is -2.40. The number of carbonyl (C=O) groups excluding carboxylic acids is 2. The number of non-ortho nitro benzene ring substituents is 1. The van der Waals surface area contributed by atoms with Gasteiger partial charge in [0.1, 0.15) is 0 Å². The van der Waals surface area contributed by atoms with E-state index in [4.69, 9.17) is 11.6 Å². The van der Waals surface area contributed by atoms with Crippen LogP contribution in [0, 0.1) is 15.5 Å². The number of allylic oxidation sites excluding steroid dienone is 1. The molecule has 0 aromatic heterocycles. The number of nitro groups is 1. The van der Waals surface area contributed by atoms with Crippen molar-refractivity contribution in [1.82, 2.24) is 0 Å². The predicted molar refractivity (Wildman–Crippen MR) is 144 cm³/mol. The first-order valence-corrected chi connectivity index (χ1v) is 12.4. The van der Waals surface area contributed by atoms with Crippen LogP contribution in [0.3, 0.4) is 0 Å². The summed E-state index contributed by atoms with van der Waals surface area (Å²) in [6.07, 6.45) is 1.06. The van der Waals surface area contributed by atoms with Crippen molar-refractivity contribution in [2.45, 2.75) is 39.2 Å². The third-order valence-electron chi connectivity index (χ3n) is 6.86. The highest BCUT2D eigenvalue weighted by molar-refractivity contribution is 6.30. The molecule has 0 bridgehead atoms. The molecule has 3 aromatic carbocycles. The Balaban J connectivity index is 1.70. The fourth-order valence-corrected chi connectivity index (χ4v) is 5.34. The quantitative estimate of drug-likeness (QED) is 0.311. The largest absolute Gasteiger partial charge is 0.357 e. The van der Waals surface area contributed by atoms with Gasteiger partial charge in [0.15, 0.2) is 5.78 Å². The Morgan fingerprint density at radius 2 is 1.73 bits per heavy atom. The molecule has 1 aliphatic heterocycles. The third kappa shape index (κ3) is 4.87. The zero-order chi connectivity index (χ0) is 26.3. The maximum atomic E-state index is 14.1. The normalized spacial score (nSPS) is 18.4. The molecule has 1 amide bonds. The summed E-state index contributed by atoms with van der Waals surface area (Å²) in [5.41, 5.74) is 3.79. The number of Topliss-reactive ketones (excluding diaryl/α,β-unsaturated/α-hetero) is 1. The van der Waals surface area contributed by atoms with Crippen molar-refractivity contribution in [3.63, 3.8) is 0 Å². The van der Waals surface area contributed by atoms with E-state index in [-0.39, 0.29) is 29.2 Å². The van der Waals surface area contributed by atoms with Crippen molar-refractivity contribution in [3.05, 3.63) is 110 Å². The molecule has 0 saturated carbocycles. The van der Waals surface area contributed by atoms with Crippen LogP contribution in [0.15, 0.2) is 84.1 Å². The summed E-state index contributed by atoms with van der Waals surface area (Å²) in [4.78, 5) is 40.3. The number of nitro benzene ring substituents is 1. The number of hydrogen-bond acceptors (Lipinski definition) is 5. The van der Waals surface area contributed by atoms with Crippen molar-refractivity contribution >= 4 is 40.4 Å². The van der Waals surface area contributed by atoms with E-state index in [1.54, 1.807) is 29.2 Å². The molecule has 1 atom stereocenters. The van der Waals surface area contributed by atoms with E-state index < -0.39 is 11.0 Å². The van der Waals surface area contributed by atoms with Crippen LogP contribution >= 0.6 is 11.6 Å². The number of nitrogens with one attached hydrogen (secondary N) is 1. The summed E-state index contributed by atoms with van der Waals surface area (Å²) >= 11 is 6.04. The summed E-state index contributed by atoms with van der Waals surface area (Å²) in [6.45, 7) is 4.11. The topological polar surface area (TPSA) is 92.6 Å². The zero-order valence-electron chi connectivity index (χ0n) is 20.5. The second-order valence-corrected chi connectivity index (χ2v) is 10.7. The number of anilines is 2. The SMILES string of the molecule is CC1(C)CC(=O)C2=C(C1)Nc1ccccc1N(C(=O)Cc1ccc(Cl)cc1)C2c1ccc([N+](=O)[O-])cc1. The van der Waals surface area contributed by atoms with Crippen LogP contribution in [-0.4, -0.2) is 16.6 Å². The minimum atomic E-state index is -0.740. The molecule has 7 nitrogen and oxygen atoms in total. The number of benzene rings is 3. The van der Waals surface area contributed by atoms with Gasteiger partial charge in [-0.3, -0.25) is 24.6 Å². The van der Waals surface area contributed by atoms with Gasteiger partial charge in [-0.1, -0.05) is 49.7 Å². The van der Waals surface area contributed by atoms with Gasteiger partial charge in [0.05, 0.1) is 28.8 Å². The van der Waals surface area contributed by atoms with Crippen LogP contribution in [0.1, 0.15) is 43.9 Å². The minimum absolute atomic E-state index is 0.0424. The highest BCUT2D eigenvalue weighted by atomic mass is 35.5. The molecule has 1 heterocycles. The van der Waals surface area contributed by atoms with Crippen LogP contribution in [0.5, 0.6) is 0 Å². The van der Waals surface area contributed by atoms with Crippen molar-refractivity contribution in [1.29, 1.82) is 0 Å². The first-order valence-electron chi connectivity index (χ1n) is 12.1. The van der Waals surface area contributed by atoms with Gasteiger partial charge < -0.3 is 5.32 Å². The van der Waals surface area contributed by atoms with Gasteiger partial charge in [0.25, 0.3) is 5.69 Å². The van der Waals surface area contributed by atoms with Gasteiger partial charge in [-0.05, 0) is 59.4 Å². The number of halogens is 1. The van der Waals surface area contributed by atoms with Gasteiger partial charge in [0.2, 0.25) is 5.91 Å². The van der Waals surface area contributed by atoms with Gasteiger partial charge >= 0.3 is 0 Å². The van der Waals surface area contributed by atoms with E-state index in [1.807, 2.05) is 36.4 Å². The molecule has 1 unspecified atom stereocenters. The van der Waals surface area contributed by atoms with E-state index in [0.29, 0.717) is 34.7 Å². The van der Waals surface area contributed by atoms with E-state index in [2.05, 4.69) is 19.2 Å². The van der Waals surface area contributed by atoms with Crippen LogP contribution in [0.25, 0.3) is 0 Å².